The minimum Gasteiger partial charge on any atom is -0.399 e. The molecular formula is C22H24F3N7O2. The van der Waals surface area contributed by atoms with Gasteiger partial charge in [-0.3, -0.25) is 9.20 Å². The molecule has 34 heavy (non-hydrogen) atoms. The summed E-state index contributed by atoms with van der Waals surface area (Å²) in [5.74, 6) is 1.42. The van der Waals surface area contributed by atoms with E-state index < -0.39 is 23.2 Å². The first kappa shape index (κ1) is 22.4. The summed E-state index contributed by atoms with van der Waals surface area (Å²) in [7, 11) is 0. The highest BCUT2D eigenvalue weighted by atomic mass is 19.4. The maximum absolute atomic E-state index is 13.3. The van der Waals surface area contributed by atoms with Gasteiger partial charge in [-0.15, -0.1) is 10.2 Å². The smallest absolute Gasteiger partial charge is 0.399 e. The Kier molecular flexibility index (Phi) is 4.97. The fraction of sp³-hybridized carbons (Fsp3) is 0.455. The second-order valence-corrected chi connectivity index (χ2v) is 9.24. The van der Waals surface area contributed by atoms with Gasteiger partial charge in [0.05, 0.1) is 49.0 Å². The number of aryl methyl sites for hydroxylation is 1. The van der Waals surface area contributed by atoms with E-state index in [0.717, 1.165) is 23.4 Å². The van der Waals surface area contributed by atoms with Crippen molar-refractivity contribution < 1.29 is 22.7 Å². The number of nitrogens with zero attached hydrogens (tertiary/aromatic N) is 5. The molecule has 1 fully saturated rings. The second kappa shape index (κ2) is 7.55. The molecule has 0 aliphatic carbocycles. The van der Waals surface area contributed by atoms with E-state index in [1.165, 1.54) is 6.07 Å². The summed E-state index contributed by atoms with van der Waals surface area (Å²) in [6.45, 7) is 6.81. The standard InChI is InChI=1S/C22H24F3N7O2/c1-11(13-4-14(22(23,24)25)6-15(26)5-13)27-18-16-7-31(19(33)21(3)9-34-10-21)8-17(16)32-12(2)29-30-20(32)28-18/h4-6,11H,7-10,26H2,1-3H3,(H,27,28,30)/t11-/m1/s1. The summed E-state index contributed by atoms with van der Waals surface area (Å²) < 4.78 is 46.9. The number of ether oxygens (including phenoxy) is 1. The monoisotopic (exact) mass is 475 g/mol. The molecular weight excluding hydrogens is 451 g/mol. The van der Waals surface area contributed by atoms with Gasteiger partial charge < -0.3 is 20.7 Å². The van der Waals surface area contributed by atoms with Gasteiger partial charge >= 0.3 is 6.18 Å². The molecule has 9 nitrogen and oxygen atoms in total. The first-order chi connectivity index (χ1) is 16.0. The van der Waals surface area contributed by atoms with Gasteiger partial charge in [0.25, 0.3) is 5.78 Å². The van der Waals surface area contributed by atoms with Gasteiger partial charge in [-0.1, -0.05) is 0 Å². The second-order valence-electron chi connectivity index (χ2n) is 9.24. The van der Waals surface area contributed by atoms with Gasteiger partial charge in [-0.05, 0) is 44.5 Å². The van der Waals surface area contributed by atoms with Crippen LogP contribution in [-0.2, 0) is 28.8 Å². The zero-order valence-electron chi connectivity index (χ0n) is 18.9. The molecule has 0 bridgehead atoms. The molecule has 3 N–H and O–H groups in total. The number of anilines is 2. The lowest BCUT2D eigenvalue weighted by Gasteiger charge is -2.39. The third kappa shape index (κ3) is 3.61. The molecule has 1 atom stereocenters. The van der Waals surface area contributed by atoms with E-state index in [4.69, 9.17) is 10.5 Å². The first-order valence-electron chi connectivity index (χ1n) is 10.8. The molecule has 1 aromatic carbocycles. The van der Waals surface area contributed by atoms with Crippen molar-refractivity contribution in [3.63, 3.8) is 0 Å². The molecule has 2 aliphatic heterocycles. The molecule has 180 valence electrons. The predicted molar refractivity (Wildman–Crippen MR) is 117 cm³/mol. The maximum Gasteiger partial charge on any atom is 0.416 e. The molecule has 5 rings (SSSR count). The zero-order chi connectivity index (χ0) is 24.4. The van der Waals surface area contributed by atoms with Crippen LogP contribution in [0.15, 0.2) is 18.2 Å². The van der Waals surface area contributed by atoms with Gasteiger partial charge in [0.1, 0.15) is 11.6 Å². The highest BCUT2D eigenvalue weighted by molar-refractivity contribution is 5.84. The molecule has 2 aromatic heterocycles. The third-order valence-corrected chi connectivity index (χ3v) is 6.42. The SMILES string of the molecule is Cc1nnc2nc(N[C@H](C)c3cc(N)cc(C(F)(F)F)c3)c3c(n12)CN(C(=O)C1(C)COC1)C3. The van der Waals surface area contributed by atoms with Crippen LogP contribution >= 0.6 is 0 Å². The van der Waals surface area contributed by atoms with Crippen molar-refractivity contribution in [2.45, 2.75) is 46.1 Å². The minimum absolute atomic E-state index is 0.0153. The summed E-state index contributed by atoms with van der Waals surface area (Å²) >= 11 is 0. The Labute approximate surface area is 193 Å². The molecule has 0 spiro atoms. The van der Waals surface area contributed by atoms with Crippen LogP contribution in [0.2, 0.25) is 0 Å². The number of fused-ring (bicyclic) bond motifs is 3. The average molecular weight is 475 g/mol. The van der Waals surface area contributed by atoms with Gasteiger partial charge in [-0.2, -0.15) is 18.2 Å². The van der Waals surface area contributed by atoms with Crippen LogP contribution in [0.3, 0.4) is 0 Å². The van der Waals surface area contributed by atoms with Crippen molar-refractivity contribution in [2.24, 2.45) is 5.41 Å². The van der Waals surface area contributed by atoms with E-state index in [2.05, 4.69) is 20.5 Å². The van der Waals surface area contributed by atoms with Crippen molar-refractivity contribution in [1.29, 1.82) is 0 Å². The molecule has 3 aromatic rings. The summed E-state index contributed by atoms with van der Waals surface area (Å²) in [4.78, 5) is 19.5. The Morgan fingerprint density at radius 3 is 2.62 bits per heavy atom. The maximum atomic E-state index is 13.3. The van der Waals surface area contributed by atoms with Crippen LogP contribution in [0.4, 0.5) is 24.7 Å². The molecule has 0 saturated carbocycles. The van der Waals surface area contributed by atoms with Crippen LogP contribution in [0.1, 0.15) is 48.1 Å². The fourth-order valence-electron chi connectivity index (χ4n) is 4.49. The molecule has 1 saturated heterocycles. The van der Waals surface area contributed by atoms with Gasteiger partial charge in [0.15, 0.2) is 0 Å². The van der Waals surface area contributed by atoms with Crippen LogP contribution in [0.25, 0.3) is 5.78 Å². The van der Waals surface area contributed by atoms with E-state index in [9.17, 15) is 18.0 Å². The fourth-order valence-corrected chi connectivity index (χ4v) is 4.49. The van der Waals surface area contributed by atoms with Crippen LogP contribution in [0.5, 0.6) is 0 Å². The number of hydrogen-bond acceptors (Lipinski definition) is 7. The molecule has 0 radical (unpaired) electrons. The largest absolute Gasteiger partial charge is 0.416 e. The number of carbonyl (C=O) groups is 1. The summed E-state index contributed by atoms with van der Waals surface area (Å²) in [5, 5.41) is 11.4. The number of aromatic nitrogens is 4. The van der Waals surface area contributed by atoms with Crippen LogP contribution in [-0.4, -0.2) is 43.6 Å². The van der Waals surface area contributed by atoms with Gasteiger partial charge in [0.2, 0.25) is 5.91 Å². The van der Waals surface area contributed by atoms with Crippen LogP contribution in [0, 0.1) is 12.3 Å². The number of hydrogen-bond donors (Lipinski definition) is 2. The molecule has 1 amide bonds. The summed E-state index contributed by atoms with van der Waals surface area (Å²) in [6.07, 6.45) is -4.51. The number of carbonyl (C=O) groups excluding carboxylic acids is 1. The number of rotatable bonds is 4. The number of halogens is 3. The van der Waals surface area contributed by atoms with E-state index in [1.807, 2.05) is 6.92 Å². The highest BCUT2D eigenvalue weighted by Crippen LogP contribution is 2.37. The average Bonchev–Trinajstić information content (AvgIpc) is 3.34. The Hall–Kier alpha value is -3.41. The van der Waals surface area contributed by atoms with Crippen molar-refractivity contribution in [2.75, 3.05) is 24.3 Å². The number of nitrogen functional groups attached to an aromatic ring is 1. The topological polar surface area (TPSA) is 111 Å². The molecule has 12 heteroatoms. The van der Waals surface area contributed by atoms with Gasteiger partial charge in [0, 0.05) is 11.3 Å². The molecule has 0 unspecified atom stereocenters. The minimum atomic E-state index is -4.51. The van der Waals surface area contributed by atoms with Crippen LogP contribution < -0.4 is 11.1 Å². The quantitative estimate of drug-likeness (QED) is 0.558. The predicted octanol–water partition coefficient (Wildman–Crippen LogP) is 3.09. The Morgan fingerprint density at radius 1 is 1.24 bits per heavy atom. The van der Waals surface area contributed by atoms with E-state index in [-0.39, 0.29) is 11.6 Å². The number of nitrogens with two attached hydrogens (primary N) is 1. The van der Waals surface area contributed by atoms with Crippen molar-refractivity contribution in [3.8, 4) is 0 Å². The molecule has 2 aliphatic rings. The first-order valence-corrected chi connectivity index (χ1v) is 10.8. The number of amides is 1. The third-order valence-electron chi connectivity index (χ3n) is 6.42. The lowest BCUT2D eigenvalue weighted by Crippen LogP contribution is -2.52. The lowest BCUT2D eigenvalue weighted by atomic mass is 9.87. The molecule has 4 heterocycles. The normalized spacial score (nSPS) is 18.0. The van der Waals surface area contributed by atoms with E-state index in [1.54, 1.807) is 23.1 Å². The Balaban J connectivity index is 1.51. The number of nitrogens with one attached hydrogen (secondary N) is 1. The zero-order valence-corrected chi connectivity index (χ0v) is 18.9. The Morgan fingerprint density at radius 2 is 1.97 bits per heavy atom. The highest BCUT2D eigenvalue weighted by Gasteiger charge is 2.45. The summed E-state index contributed by atoms with van der Waals surface area (Å²) in [6, 6.07) is 2.93. The van der Waals surface area contributed by atoms with Crippen molar-refractivity contribution >= 4 is 23.2 Å². The summed E-state index contributed by atoms with van der Waals surface area (Å²) in [5.41, 5.74) is 6.36. The van der Waals surface area contributed by atoms with Gasteiger partial charge in [-0.25, -0.2) is 0 Å². The Bertz CT molecular complexity index is 1300. The van der Waals surface area contributed by atoms with E-state index >= 15 is 0 Å². The lowest BCUT2D eigenvalue weighted by molar-refractivity contribution is -0.169. The van der Waals surface area contributed by atoms with Crippen molar-refractivity contribution in [3.05, 3.63) is 46.4 Å². The van der Waals surface area contributed by atoms with Crippen molar-refractivity contribution in [1.82, 2.24) is 24.5 Å². The number of alkyl halides is 3. The van der Waals surface area contributed by atoms with E-state index in [0.29, 0.717) is 49.3 Å². The number of benzene rings is 1.